The van der Waals surface area contributed by atoms with E-state index in [1.54, 1.807) is 6.07 Å². The van der Waals surface area contributed by atoms with E-state index in [4.69, 9.17) is 4.42 Å². The van der Waals surface area contributed by atoms with Gasteiger partial charge < -0.3 is 20.4 Å². The number of benzene rings is 1. The smallest absolute Gasteiger partial charge is 0.287 e. The maximum Gasteiger partial charge on any atom is 0.287 e. The summed E-state index contributed by atoms with van der Waals surface area (Å²) in [5.41, 5.74) is 3.33. The Morgan fingerprint density at radius 2 is 1.76 bits per heavy atom. The lowest BCUT2D eigenvalue weighted by Crippen LogP contribution is -2.40. The molecule has 0 unspecified atom stereocenters. The van der Waals surface area contributed by atoms with Crippen LogP contribution in [0.25, 0.3) is 0 Å². The van der Waals surface area contributed by atoms with E-state index in [-0.39, 0.29) is 24.8 Å². The molecule has 1 aromatic carbocycles. The summed E-state index contributed by atoms with van der Waals surface area (Å²) in [4.78, 5) is 35.2. The van der Waals surface area contributed by atoms with Crippen molar-refractivity contribution < 1.29 is 18.8 Å². The van der Waals surface area contributed by atoms with Crippen molar-refractivity contribution in [1.82, 2.24) is 10.6 Å². The topological polar surface area (TPSA) is 100 Å². The molecule has 7 heteroatoms. The number of amides is 3. The van der Waals surface area contributed by atoms with Gasteiger partial charge in [0, 0.05) is 5.69 Å². The Kier molecular flexibility index (Phi) is 5.13. The molecule has 3 rings (SSSR count). The van der Waals surface area contributed by atoms with Gasteiger partial charge in [0.05, 0.1) is 19.4 Å². The van der Waals surface area contributed by atoms with Crippen LogP contribution < -0.4 is 16.0 Å². The zero-order valence-electron chi connectivity index (χ0n) is 13.6. The van der Waals surface area contributed by atoms with E-state index >= 15 is 0 Å². The second-order valence-corrected chi connectivity index (χ2v) is 5.82. The Morgan fingerprint density at radius 3 is 2.56 bits per heavy atom. The zero-order valence-corrected chi connectivity index (χ0v) is 13.6. The first kappa shape index (κ1) is 16.8. The van der Waals surface area contributed by atoms with Crippen LogP contribution in [0.2, 0.25) is 0 Å². The van der Waals surface area contributed by atoms with Crippen molar-refractivity contribution in [3.8, 4) is 0 Å². The van der Waals surface area contributed by atoms with Crippen molar-refractivity contribution in [1.29, 1.82) is 0 Å². The summed E-state index contributed by atoms with van der Waals surface area (Å²) in [6.07, 6.45) is 4.64. The average molecular weight is 341 g/mol. The lowest BCUT2D eigenvalue weighted by Gasteiger charge is -2.09. The third kappa shape index (κ3) is 4.47. The van der Waals surface area contributed by atoms with Crippen molar-refractivity contribution in [2.24, 2.45) is 0 Å². The summed E-state index contributed by atoms with van der Waals surface area (Å²) in [6, 6.07) is 8.95. The van der Waals surface area contributed by atoms with Gasteiger partial charge in [0.15, 0.2) is 5.76 Å². The van der Waals surface area contributed by atoms with E-state index in [0.717, 1.165) is 24.9 Å². The molecule has 25 heavy (non-hydrogen) atoms. The van der Waals surface area contributed by atoms with Crippen LogP contribution in [0.5, 0.6) is 0 Å². The number of nitrogens with one attached hydrogen (secondary N) is 3. The van der Waals surface area contributed by atoms with Gasteiger partial charge in [-0.2, -0.15) is 0 Å². The van der Waals surface area contributed by atoms with Crippen molar-refractivity contribution in [2.45, 2.75) is 19.3 Å². The number of rotatable bonds is 6. The number of anilines is 1. The average Bonchev–Trinajstić information content (AvgIpc) is 3.28. The monoisotopic (exact) mass is 341 g/mol. The summed E-state index contributed by atoms with van der Waals surface area (Å²) >= 11 is 0. The normalized spacial score (nSPS) is 12.3. The summed E-state index contributed by atoms with van der Waals surface area (Å²) in [6.45, 7) is -0.391. The number of furan rings is 1. The van der Waals surface area contributed by atoms with Crippen LogP contribution in [0.4, 0.5) is 5.69 Å². The molecule has 1 heterocycles. The molecule has 7 nitrogen and oxygen atoms in total. The van der Waals surface area contributed by atoms with E-state index in [9.17, 15) is 14.4 Å². The van der Waals surface area contributed by atoms with E-state index < -0.39 is 11.8 Å². The van der Waals surface area contributed by atoms with Crippen LogP contribution in [-0.2, 0) is 22.4 Å². The quantitative estimate of drug-likeness (QED) is 0.736. The number of carbonyl (C=O) groups is 3. The van der Waals surface area contributed by atoms with Crippen LogP contribution in [-0.4, -0.2) is 30.8 Å². The van der Waals surface area contributed by atoms with Crippen molar-refractivity contribution in [2.75, 3.05) is 18.4 Å². The minimum absolute atomic E-state index is 0.127. The maximum atomic E-state index is 11.9. The van der Waals surface area contributed by atoms with Gasteiger partial charge in [-0.15, -0.1) is 0 Å². The molecule has 0 aliphatic heterocycles. The van der Waals surface area contributed by atoms with Crippen LogP contribution in [0.3, 0.4) is 0 Å². The van der Waals surface area contributed by atoms with Gasteiger partial charge in [0.25, 0.3) is 5.91 Å². The van der Waals surface area contributed by atoms with Gasteiger partial charge in [-0.25, -0.2) is 0 Å². The fourth-order valence-electron chi connectivity index (χ4n) is 2.75. The molecule has 3 amide bonds. The predicted octanol–water partition coefficient (Wildman–Crippen LogP) is 1.25. The van der Waals surface area contributed by atoms with Crippen LogP contribution in [0.15, 0.2) is 41.0 Å². The fraction of sp³-hybridized carbons (Fsp3) is 0.278. The molecule has 0 bridgehead atoms. The SMILES string of the molecule is O=C(CNC(=O)c1ccco1)NCC(=O)Nc1ccc2c(c1)CCC2. The number of fused-ring (bicyclic) bond motifs is 1. The lowest BCUT2D eigenvalue weighted by molar-refractivity contribution is -0.123. The molecule has 0 spiro atoms. The highest BCUT2D eigenvalue weighted by atomic mass is 16.3. The summed E-state index contributed by atoms with van der Waals surface area (Å²) in [5.74, 6) is -1.13. The van der Waals surface area contributed by atoms with Gasteiger partial charge in [0.2, 0.25) is 11.8 Å². The predicted molar refractivity (Wildman–Crippen MR) is 91.1 cm³/mol. The van der Waals surface area contributed by atoms with Gasteiger partial charge in [-0.1, -0.05) is 6.07 Å². The van der Waals surface area contributed by atoms with E-state index in [1.165, 1.54) is 23.5 Å². The Balaban J connectivity index is 1.39. The first-order valence-corrected chi connectivity index (χ1v) is 8.12. The molecule has 1 aliphatic carbocycles. The molecule has 0 fully saturated rings. The molecule has 1 aromatic heterocycles. The lowest BCUT2D eigenvalue weighted by atomic mass is 10.1. The minimum Gasteiger partial charge on any atom is -0.459 e. The Hall–Kier alpha value is -3.09. The molecule has 0 saturated carbocycles. The molecule has 130 valence electrons. The molecule has 3 N–H and O–H groups in total. The molecule has 2 aromatic rings. The highest BCUT2D eigenvalue weighted by Gasteiger charge is 2.13. The molecular weight excluding hydrogens is 322 g/mol. The zero-order chi connectivity index (χ0) is 17.6. The summed E-state index contributed by atoms with van der Waals surface area (Å²) in [7, 11) is 0. The number of aryl methyl sites for hydroxylation is 2. The second kappa shape index (κ2) is 7.65. The largest absolute Gasteiger partial charge is 0.459 e. The van der Waals surface area contributed by atoms with E-state index in [0.29, 0.717) is 0 Å². The molecule has 1 aliphatic rings. The van der Waals surface area contributed by atoms with Crippen molar-refractivity contribution >= 4 is 23.4 Å². The first-order valence-electron chi connectivity index (χ1n) is 8.12. The van der Waals surface area contributed by atoms with Crippen molar-refractivity contribution in [3.63, 3.8) is 0 Å². The Bertz CT molecular complexity index is 784. The molecule has 0 saturated heterocycles. The van der Waals surface area contributed by atoms with Crippen LogP contribution in [0, 0.1) is 0 Å². The van der Waals surface area contributed by atoms with E-state index in [2.05, 4.69) is 16.0 Å². The molecular formula is C18H19N3O4. The highest BCUT2D eigenvalue weighted by molar-refractivity contribution is 5.96. The van der Waals surface area contributed by atoms with E-state index in [1.807, 2.05) is 18.2 Å². The summed E-state index contributed by atoms with van der Waals surface area (Å²) in [5, 5.41) is 7.63. The first-order chi connectivity index (χ1) is 12.1. The van der Waals surface area contributed by atoms with Gasteiger partial charge in [-0.3, -0.25) is 14.4 Å². The maximum absolute atomic E-state index is 11.9. The number of hydrogen-bond donors (Lipinski definition) is 3. The van der Waals surface area contributed by atoms with Crippen LogP contribution >= 0.6 is 0 Å². The highest BCUT2D eigenvalue weighted by Crippen LogP contribution is 2.24. The summed E-state index contributed by atoms with van der Waals surface area (Å²) < 4.78 is 4.92. The third-order valence-electron chi connectivity index (χ3n) is 3.98. The van der Waals surface area contributed by atoms with Gasteiger partial charge in [0.1, 0.15) is 0 Å². The fourth-order valence-corrected chi connectivity index (χ4v) is 2.75. The second-order valence-electron chi connectivity index (χ2n) is 5.82. The number of carbonyl (C=O) groups excluding carboxylic acids is 3. The van der Waals surface area contributed by atoms with Crippen LogP contribution in [0.1, 0.15) is 28.1 Å². The third-order valence-corrected chi connectivity index (χ3v) is 3.98. The standard InChI is InChI=1S/C18H19N3O4/c22-16(10-20-18(24)15-5-2-8-25-15)19-11-17(23)21-14-7-6-12-3-1-4-13(12)9-14/h2,5-9H,1,3-4,10-11H2,(H,19,22)(H,20,24)(H,21,23). The van der Waals surface area contributed by atoms with Gasteiger partial charge >= 0.3 is 0 Å². The van der Waals surface area contributed by atoms with Crippen molar-refractivity contribution in [3.05, 3.63) is 53.5 Å². The molecule has 0 radical (unpaired) electrons. The van der Waals surface area contributed by atoms with Gasteiger partial charge in [-0.05, 0) is 54.7 Å². The number of hydrogen-bond acceptors (Lipinski definition) is 4. The molecule has 0 atom stereocenters. The Morgan fingerprint density at radius 1 is 0.960 bits per heavy atom. The Labute approximate surface area is 144 Å². The minimum atomic E-state index is -0.484.